The zero-order valence-corrected chi connectivity index (χ0v) is 21.3. The maximum absolute atomic E-state index is 2.41. The monoisotopic (exact) mass is 512 g/mol. The van der Waals surface area contributed by atoms with Crippen LogP contribution in [0, 0.1) is 47.0 Å². The zero-order valence-electron chi connectivity index (χ0n) is 17.7. The third-order valence-electron chi connectivity index (χ3n) is 6.46. The topological polar surface area (TPSA) is 0 Å². The number of hydrogen-bond acceptors (Lipinski definition) is 0. The number of aryl methyl sites for hydroxylation is 1. The van der Waals surface area contributed by atoms with Gasteiger partial charge in [0, 0.05) is 0 Å². The van der Waals surface area contributed by atoms with Gasteiger partial charge in [-0.2, -0.15) is 39.9 Å². The summed E-state index contributed by atoms with van der Waals surface area (Å²) in [6.07, 6.45) is 2.48. The van der Waals surface area contributed by atoms with Gasteiger partial charge in [0.25, 0.3) is 0 Å². The average molecular weight is 511 g/mol. The second-order valence-electron chi connectivity index (χ2n) is 8.87. The largest absolute Gasteiger partial charge is 4.00 e. The smallest absolute Gasteiger partial charge is 0.196 e. The SMILES string of the molecule is C[c-]1ccc2cc3c(cc21)CC(C)(C)C3.Cc1c(C)c(C)[c-](C)c1C.[Hf+4]. The fourth-order valence-electron chi connectivity index (χ4n) is 4.32. The van der Waals surface area contributed by atoms with Gasteiger partial charge in [0.05, 0.1) is 0 Å². The Morgan fingerprint density at radius 1 is 0.846 bits per heavy atom. The Labute approximate surface area is 178 Å². The van der Waals surface area contributed by atoms with Crippen LogP contribution in [-0.2, 0) is 38.7 Å². The van der Waals surface area contributed by atoms with Gasteiger partial charge in [-0.1, -0.05) is 66.5 Å². The van der Waals surface area contributed by atoms with Crippen molar-refractivity contribution in [2.75, 3.05) is 0 Å². The van der Waals surface area contributed by atoms with Gasteiger partial charge in [0.1, 0.15) is 0 Å². The van der Waals surface area contributed by atoms with Crippen LogP contribution in [0.1, 0.15) is 58.4 Å². The summed E-state index contributed by atoms with van der Waals surface area (Å²) < 4.78 is 0. The maximum atomic E-state index is 2.41. The molecule has 134 valence electrons. The fraction of sp³-hybridized carbons (Fsp3) is 0.440. The molecule has 4 rings (SSSR count). The van der Waals surface area contributed by atoms with E-state index in [4.69, 9.17) is 0 Å². The molecule has 0 saturated heterocycles. The molecule has 0 unspecified atom stereocenters. The predicted octanol–water partition coefficient (Wildman–Crippen LogP) is 6.94. The average Bonchev–Trinajstić information content (AvgIpc) is 3.11. The Kier molecular flexibility index (Phi) is 6.23. The van der Waals surface area contributed by atoms with Gasteiger partial charge in [-0.05, 0) is 18.3 Å². The fourth-order valence-corrected chi connectivity index (χ4v) is 4.32. The molecule has 0 aromatic heterocycles. The first-order valence-corrected chi connectivity index (χ1v) is 9.48. The quantitative estimate of drug-likeness (QED) is 0.227. The first kappa shape index (κ1) is 21.4. The second-order valence-corrected chi connectivity index (χ2v) is 8.87. The summed E-state index contributed by atoms with van der Waals surface area (Å²) in [6, 6.07) is 9.28. The van der Waals surface area contributed by atoms with Crippen LogP contribution in [-0.4, -0.2) is 0 Å². The number of hydrogen-bond donors (Lipinski definition) is 0. The summed E-state index contributed by atoms with van der Waals surface area (Å²) in [5.74, 6) is 0. The molecular formula is C25H32Hf+2. The third kappa shape index (κ3) is 3.84. The van der Waals surface area contributed by atoms with E-state index in [1.54, 1.807) is 11.1 Å². The van der Waals surface area contributed by atoms with Gasteiger partial charge in [-0.25, -0.2) is 0 Å². The molecule has 0 nitrogen and oxygen atoms in total. The van der Waals surface area contributed by atoms with Crippen LogP contribution in [0.2, 0.25) is 0 Å². The molecule has 3 aromatic carbocycles. The van der Waals surface area contributed by atoms with Crippen molar-refractivity contribution in [3.8, 4) is 0 Å². The molecule has 0 fully saturated rings. The van der Waals surface area contributed by atoms with Crippen LogP contribution in [0.15, 0.2) is 24.3 Å². The third-order valence-corrected chi connectivity index (χ3v) is 6.46. The molecular weight excluding hydrogens is 479 g/mol. The Morgan fingerprint density at radius 2 is 1.35 bits per heavy atom. The molecule has 26 heavy (non-hydrogen) atoms. The molecule has 0 spiro atoms. The van der Waals surface area contributed by atoms with Gasteiger partial charge < -0.3 is 0 Å². The van der Waals surface area contributed by atoms with Crippen LogP contribution < -0.4 is 0 Å². The van der Waals surface area contributed by atoms with Crippen molar-refractivity contribution in [3.05, 3.63) is 68.8 Å². The molecule has 0 aliphatic heterocycles. The van der Waals surface area contributed by atoms with E-state index in [9.17, 15) is 0 Å². The van der Waals surface area contributed by atoms with Crippen molar-refractivity contribution in [2.24, 2.45) is 5.41 Å². The van der Waals surface area contributed by atoms with Gasteiger partial charge >= 0.3 is 25.8 Å². The summed E-state index contributed by atoms with van der Waals surface area (Å²) in [5, 5.41) is 2.87. The normalized spacial score (nSPS) is 14.6. The second kappa shape index (κ2) is 7.58. The molecule has 1 heteroatoms. The van der Waals surface area contributed by atoms with Crippen molar-refractivity contribution in [3.63, 3.8) is 0 Å². The zero-order chi connectivity index (χ0) is 18.5. The molecule has 0 atom stereocenters. The summed E-state index contributed by atoms with van der Waals surface area (Å²) in [4.78, 5) is 0. The Balaban J connectivity index is 0.000000195. The summed E-state index contributed by atoms with van der Waals surface area (Å²) in [7, 11) is 0. The molecule has 1 aliphatic carbocycles. The van der Waals surface area contributed by atoms with Crippen LogP contribution in [0.25, 0.3) is 10.8 Å². The van der Waals surface area contributed by atoms with Crippen molar-refractivity contribution in [1.82, 2.24) is 0 Å². The predicted molar refractivity (Wildman–Crippen MR) is 111 cm³/mol. The summed E-state index contributed by atoms with van der Waals surface area (Å²) in [5.41, 5.74) is 12.4. The van der Waals surface area contributed by atoms with Crippen LogP contribution >= 0.6 is 0 Å². The van der Waals surface area contributed by atoms with E-state index in [1.807, 2.05) is 0 Å². The van der Waals surface area contributed by atoms with Crippen molar-refractivity contribution in [2.45, 2.75) is 68.2 Å². The van der Waals surface area contributed by atoms with Gasteiger partial charge in [-0.3, -0.25) is 0 Å². The van der Waals surface area contributed by atoms with Crippen LogP contribution in [0.3, 0.4) is 0 Å². The Morgan fingerprint density at radius 3 is 1.81 bits per heavy atom. The number of benzene rings is 1. The minimum atomic E-state index is 0. The van der Waals surface area contributed by atoms with Crippen LogP contribution in [0.4, 0.5) is 0 Å². The minimum Gasteiger partial charge on any atom is -0.196 e. The maximum Gasteiger partial charge on any atom is 4.00 e. The summed E-state index contributed by atoms with van der Waals surface area (Å²) >= 11 is 0. The van der Waals surface area contributed by atoms with Crippen molar-refractivity contribution < 1.29 is 25.8 Å². The summed E-state index contributed by atoms with van der Waals surface area (Å²) in [6.45, 7) is 17.9. The molecule has 3 aromatic rings. The van der Waals surface area contributed by atoms with Crippen molar-refractivity contribution >= 4 is 10.8 Å². The standard InChI is InChI=1S/C15H17.C10H15.Hf/c1-10-4-5-11-6-12-8-15(2,3)9-13(12)7-14(10)11;1-6-7(2)9(4)10(5)8(6)3;/h4-7H,8-9H2,1-3H3;1-5H3;/q2*-1;+4. The van der Waals surface area contributed by atoms with E-state index in [2.05, 4.69) is 79.7 Å². The van der Waals surface area contributed by atoms with Crippen LogP contribution in [0.5, 0.6) is 0 Å². The molecule has 0 saturated carbocycles. The van der Waals surface area contributed by atoms with E-state index in [-0.39, 0.29) is 25.8 Å². The van der Waals surface area contributed by atoms with E-state index in [0.717, 1.165) is 0 Å². The van der Waals surface area contributed by atoms with E-state index < -0.39 is 0 Å². The molecule has 0 bridgehead atoms. The molecule has 1 aliphatic rings. The number of fused-ring (bicyclic) bond motifs is 2. The van der Waals surface area contributed by atoms with Gasteiger partial charge in [-0.15, -0.1) is 28.5 Å². The molecule has 0 heterocycles. The molecule has 0 amide bonds. The molecule has 0 radical (unpaired) electrons. The van der Waals surface area contributed by atoms with E-state index in [1.165, 1.54) is 57.0 Å². The Bertz CT molecular complexity index is 851. The number of rotatable bonds is 0. The van der Waals surface area contributed by atoms with Gasteiger partial charge in [0.15, 0.2) is 0 Å². The van der Waals surface area contributed by atoms with Crippen molar-refractivity contribution in [1.29, 1.82) is 0 Å². The van der Waals surface area contributed by atoms with Gasteiger partial charge in [0.2, 0.25) is 0 Å². The van der Waals surface area contributed by atoms with E-state index in [0.29, 0.717) is 5.41 Å². The Hall–Kier alpha value is -0.950. The van der Waals surface area contributed by atoms with E-state index >= 15 is 0 Å². The minimum absolute atomic E-state index is 0. The first-order chi connectivity index (χ1) is 11.6. The molecule has 0 N–H and O–H groups in total. The first-order valence-electron chi connectivity index (χ1n) is 9.48.